The van der Waals surface area contributed by atoms with Crippen molar-refractivity contribution in [2.45, 2.75) is 20.5 Å². The third-order valence-corrected chi connectivity index (χ3v) is 3.35. The van der Waals surface area contributed by atoms with Gasteiger partial charge in [0.15, 0.2) is 16.6 Å². The van der Waals surface area contributed by atoms with E-state index in [4.69, 9.17) is 32.2 Å². The summed E-state index contributed by atoms with van der Waals surface area (Å²) in [5.41, 5.74) is 9.70. The maximum absolute atomic E-state index is 5.86. The van der Waals surface area contributed by atoms with E-state index in [0.29, 0.717) is 19.8 Å². The summed E-state index contributed by atoms with van der Waals surface area (Å²) >= 11 is 4.70. The van der Waals surface area contributed by atoms with Crippen molar-refractivity contribution in [2.24, 2.45) is 10.8 Å². The van der Waals surface area contributed by atoms with Crippen molar-refractivity contribution < 1.29 is 14.2 Å². The van der Waals surface area contributed by atoms with Gasteiger partial charge in [-0.2, -0.15) is 5.10 Å². The molecule has 0 radical (unpaired) electrons. The molecule has 7 heteroatoms. The van der Waals surface area contributed by atoms with E-state index >= 15 is 0 Å². The highest BCUT2D eigenvalue weighted by atomic mass is 32.1. The summed E-state index contributed by atoms with van der Waals surface area (Å²) in [6.45, 7) is 5.47. The van der Waals surface area contributed by atoms with E-state index in [1.165, 1.54) is 0 Å². The number of thiocarbonyl (C=S) groups is 1. The molecular formula is C19H23N3O3S. The maximum Gasteiger partial charge on any atom is 0.184 e. The molecule has 0 aromatic heterocycles. The Kier molecular flexibility index (Phi) is 7.70. The van der Waals surface area contributed by atoms with Crippen molar-refractivity contribution in [3.63, 3.8) is 0 Å². The van der Waals surface area contributed by atoms with Gasteiger partial charge in [-0.3, -0.25) is 5.43 Å². The van der Waals surface area contributed by atoms with Gasteiger partial charge in [-0.25, -0.2) is 0 Å². The monoisotopic (exact) mass is 373 g/mol. The van der Waals surface area contributed by atoms with Crippen LogP contribution in [0.2, 0.25) is 0 Å². The zero-order valence-electron chi connectivity index (χ0n) is 14.9. The fourth-order valence-corrected chi connectivity index (χ4v) is 2.26. The molecule has 0 spiro atoms. The molecule has 0 aliphatic carbocycles. The SMILES string of the molecule is CCOc1ccc(COc2cccc(C=NNC(N)=S)c2)cc1OCC. The summed E-state index contributed by atoms with van der Waals surface area (Å²) in [6.07, 6.45) is 1.62. The number of nitrogens with zero attached hydrogens (tertiary/aromatic N) is 1. The second-order valence-electron chi connectivity index (χ2n) is 5.24. The molecule has 0 saturated heterocycles. The summed E-state index contributed by atoms with van der Waals surface area (Å²) in [6, 6.07) is 13.4. The lowest BCUT2D eigenvalue weighted by Crippen LogP contribution is -2.23. The second-order valence-corrected chi connectivity index (χ2v) is 5.68. The van der Waals surface area contributed by atoms with Gasteiger partial charge in [0.05, 0.1) is 19.4 Å². The highest BCUT2D eigenvalue weighted by Gasteiger charge is 2.07. The topological polar surface area (TPSA) is 78.1 Å². The van der Waals surface area contributed by atoms with Crippen LogP contribution in [-0.4, -0.2) is 24.5 Å². The summed E-state index contributed by atoms with van der Waals surface area (Å²) in [4.78, 5) is 0. The molecule has 2 rings (SSSR count). The fraction of sp³-hybridized carbons (Fsp3) is 0.263. The van der Waals surface area contributed by atoms with E-state index in [1.54, 1.807) is 6.21 Å². The molecular weight excluding hydrogens is 350 g/mol. The number of rotatable bonds is 9. The zero-order chi connectivity index (χ0) is 18.8. The molecule has 0 atom stereocenters. The van der Waals surface area contributed by atoms with Crippen LogP contribution in [0.5, 0.6) is 17.2 Å². The lowest BCUT2D eigenvalue weighted by Gasteiger charge is -2.13. The number of hydrogen-bond acceptors (Lipinski definition) is 5. The third kappa shape index (κ3) is 6.25. The van der Waals surface area contributed by atoms with E-state index in [0.717, 1.165) is 28.4 Å². The van der Waals surface area contributed by atoms with E-state index < -0.39 is 0 Å². The van der Waals surface area contributed by atoms with Crippen LogP contribution < -0.4 is 25.4 Å². The van der Waals surface area contributed by atoms with Crippen LogP contribution in [0.15, 0.2) is 47.6 Å². The smallest absolute Gasteiger partial charge is 0.184 e. The van der Waals surface area contributed by atoms with Crippen LogP contribution in [-0.2, 0) is 6.61 Å². The average molecular weight is 373 g/mol. The van der Waals surface area contributed by atoms with Gasteiger partial charge in [-0.1, -0.05) is 18.2 Å². The van der Waals surface area contributed by atoms with Crippen molar-refractivity contribution >= 4 is 23.5 Å². The van der Waals surface area contributed by atoms with E-state index in [1.807, 2.05) is 56.3 Å². The second kappa shape index (κ2) is 10.2. The lowest BCUT2D eigenvalue weighted by molar-refractivity contribution is 0.283. The summed E-state index contributed by atoms with van der Waals surface area (Å²) < 4.78 is 17.1. The first-order chi connectivity index (χ1) is 12.6. The summed E-state index contributed by atoms with van der Waals surface area (Å²) in [7, 11) is 0. The molecule has 0 aliphatic heterocycles. The first-order valence-electron chi connectivity index (χ1n) is 8.32. The third-order valence-electron chi connectivity index (χ3n) is 3.26. The molecule has 2 aromatic carbocycles. The standard InChI is InChI=1S/C19H23N3O3S/c1-3-23-17-9-8-15(11-18(17)24-4-2)13-25-16-7-5-6-14(10-16)12-21-22-19(20)26/h5-12H,3-4,13H2,1-2H3,(H3,20,22,26). The number of ether oxygens (including phenoxy) is 3. The van der Waals surface area contributed by atoms with Gasteiger partial charge in [-0.05, 0) is 61.5 Å². The van der Waals surface area contributed by atoms with E-state index in [2.05, 4.69) is 10.5 Å². The lowest BCUT2D eigenvalue weighted by atomic mass is 10.2. The molecule has 2 aromatic rings. The minimum atomic E-state index is 0.120. The Labute approximate surface area is 158 Å². The van der Waals surface area contributed by atoms with Crippen molar-refractivity contribution in [2.75, 3.05) is 13.2 Å². The van der Waals surface area contributed by atoms with Crippen LogP contribution in [0.1, 0.15) is 25.0 Å². The molecule has 0 unspecified atom stereocenters. The molecule has 0 bridgehead atoms. The number of nitrogens with two attached hydrogens (primary N) is 1. The van der Waals surface area contributed by atoms with Crippen LogP contribution in [0, 0.1) is 0 Å². The van der Waals surface area contributed by atoms with Crippen molar-refractivity contribution in [1.82, 2.24) is 5.43 Å². The molecule has 0 amide bonds. The van der Waals surface area contributed by atoms with Gasteiger partial charge in [0.2, 0.25) is 0 Å². The predicted molar refractivity (Wildman–Crippen MR) is 107 cm³/mol. The van der Waals surface area contributed by atoms with Gasteiger partial charge < -0.3 is 19.9 Å². The Hall–Kier alpha value is -2.80. The van der Waals surface area contributed by atoms with Gasteiger partial charge >= 0.3 is 0 Å². The normalized spacial score (nSPS) is 10.5. The molecule has 0 saturated carbocycles. The molecule has 6 nitrogen and oxygen atoms in total. The Morgan fingerprint density at radius 2 is 1.85 bits per heavy atom. The highest BCUT2D eigenvalue weighted by Crippen LogP contribution is 2.29. The summed E-state index contributed by atoms with van der Waals surface area (Å²) in [5, 5.41) is 4.05. The number of nitrogens with one attached hydrogen (secondary N) is 1. The first-order valence-corrected chi connectivity index (χ1v) is 8.73. The van der Waals surface area contributed by atoms with Crippen LogP contribution in [0.4, 0.5) is 0 Å². The molecule has 3 N–H and O–H groups in total. The van der Waals surface area contributed by atoms with Gasteiger partial charge in [0, 0.05) is 0 Å². The Morgan fingerprint density at radius 1 is 1.08 bits per heavy atom. The van der Waals surface area contributed by atoms with E-state index in [-0.39, 0.29) is 5.11 Å². The number of hydrogen-bond donors (Lipinski definition) is 2. The largest absolute Gasteiger partial charge is 0.490 e. The predicted octanol–water partition coefficient (Wildman–Crippen LogP) is 3.23. The summed E-state index contributed by atoms with van der Waals surface area (Å²) in [5.74, 6) is 2.19. The minimum absolute atomic E-state index is 0.120. The van der Waals surface area contributed by atoms with Crippen molar-refractivity contribution in [3.05, 3.63) is 53.6 Å². The van der Waals surface area contributed by atoms with Gasteiger partial charge in [-0.15, -0.1) is 0 Å². The highest BCUT2D eigenvalue weighted by molar-refractivity contribution is 7.80. The van der Waals surface area contributed by atoms with Crippen LogP contribution in [0.3, 0.4) is 0 Å². The maximum atomic E-state index is 5.86. The Morgan fingerprint density at radius 3 is 2.58 bits per heavy atom. The number of hydrazone groups is 1. The van der Waals surface area contributed by atoms with Gasteiger partial charge in [0.1, 0.15) is 12.4 Å². The minimum Gasteiger partial charge on any atom is -0.490 e. The Bertz CT molecular complexity index is 765. The van der Waals surface area contributed by atoms with Crippen LogP contribution >= 0.6 is 12.2 Å². The molecule has 0 aliphatic rings. The van der Waals surface area contributed by atoms with E-state index in [9.17, 15) is 0 Å². The molecule has 0 fully saturated rings. The van der Waals surface area contributed by atoms with Crippen molar-refractivity contribution in [3.8, 4) is 17.2 Å². The molecule has 26 heavy (non-hydrogen) atoms. The Balaban J connectivity index is 2.03. The van der Waals surface area contributed by atoms with Crippen LogP contribution in [0.25, 0.3) is 0 Å². The quantitative estimate of drug-likeness (QED) is 0.399. The fourth-order valence-electron chi connectivity index (χ4n) is 2.21. The average Bonchev–Trinajstić information content (AvgIpc) is 2.62. The molecule has 138 valence electrons. The molecule has 0 heterocycles. The van der Waals surface area contributed by atoms with Gasteiger partial charge in [0.25, 0.3) is 0 Å². The van der Waals surface area contributed by atoms with Crippen molar-refractivity contribution in [1.29, 1.82) is 0 Å². The zero-order valence-corrected chi connectivity index (χ0v) is 15.7. The first kappa shape index (κ1) is 19.5. The number of benzene rings is 2.